The van der Waals surface area contributed by atoms with Gasteiger partial charge in [0.15, 0.2) is 0 Å². The lowest BCUT2D eigenvalue weighted by molar-refractivity contribution is 0.316. The Balaban J connectivity index is 3.31. The molecule has 0 spiro atoms. The molecule has 0 saturated carbocycles. The Kier molecular flexibility index (Phi) is 7.98. The summed E-state index contributed by atoms with van der Waals surface area (Å²) in [6.45, 7) is 17.6. The molecule has 0 fully saturated rings. The van der Waals surface area contributed by atoms with Crippen molar-refractivity contribution in [2.75, 3.05) is 13.1 Å². The molecule has 0 atom stereocenters. The van der Waals surface area contributed by atoms with E-state index in [1.165, 1.54) is 0 Å². The molecule has 132 valence electrons. The van der Waals surface area contributed by atoms with Gasteiger partial charge in [-0.25, -0.2) is 4.99 Å². The highest BCUT2D eigenvalue weighted by Crippen LogP contribution is 2.24. The average molecular weight is 328 g/mol. The van der Waals surface area contributed by atoms with E-state index in [9.17, 15) is 0 Å². The molecule has 1 rings (SSSR count). The van der Waals surface area contributed by atoms with Gasteiger partial charge < -0.3 is 4.90 Å². The van der Waals surface area contributed by atoms with Gasteiger partial charge in [0.2, 0.25) is 0 Å². The van der Waals surface area contributed by atoms with Crippen LogP contribution in [0.1, 0.15) is 59.6 Å². The van der Waals surface area contributed by atoms with Gasteiger partial charge in [0.25, 0.3) is 0 Å². The first-order chi connectivity index (χ1) is 11.3. The third kappa shape index (κ3) is 6.00. The van der Waals surface area contributed by atoms with E-state index in [1.54, 1.807) is 0 Å². The maximum atomic E-state index is 9.11. The number of rotatable bonds is 7. The first-order valence-electron chi connectivity index (χ1n) is 9.14. The number of hydrogen-bond donors (Lipinski definition) is 0. The molecule has 0 amide bonds. The van der Waals surface area contributed by atoms with Crippen molar-refractivity contribution >= 4 is 11.5 Å². The highest BCUT2D eigenvalue weighted by atomic mass is 15.2. The maximum Gasteiger partial charge on any atom is 0.107 e. The number of aliphatic imine (C=N–C) groups is 1. The zero-order chi connectivity index (χ0) is 18.3. The van der Waals surface area contributed by atoms with Crippen LogP contribution in [0.4, 0.5) is 5.69 Å². The SMILES string of the molecule is CCc1cc(C#N)ccc1N=C(C(C)C)N(CC(C)C)CC(C)C. The van der Waals surface area contributed by atoms with Gasteiger partial charge in [-0.2, -0.15) is 5.26 Å². The molecule has 0 aliphatic heterocycles. The van der Waals surface area contributed by atoms with Crippen molar-refractivity contribution < 1.29 is 0 Å². The van der Waals surface area contributed by atoms with Crippen LogP contribution in [0.2, 0.25) is 0 Å². The second kappa shape index (κ2) is 9.47. The summed E-state index contributed by atoms with van der Waals surface area (Å²) in [6, 6.07) is 8.04. The molecular formula is C21H33N3. The molecule has 0 aliphatic rings. The van der Waals surface area contributed by atoms with Crippen LogP contribution in [-0.2, 0) is 6.42 Å². The first kappa shape index (κ1) is 20.2. The molecule has 24 heavy (non-hydrogen) atoms. The highest BCUT2D eigenvalue weighted by Gasteiger charge is 2.18. The van der Waals surface area contributed by atoms with Gasteiger partial charge in [-0.1, -0.05) is 48.5 Å². The Morgan fingerprint density at radius 1 is 1.08 bits per heavy atom. The molecule has 3 heteroatoms. The normalized spacial score (nSPS) is 12.1. The number of aryl methyl sites for hydroxylation is 1. The summed E-state index contributed by atoms with van der Waals surface area (Å²) in [5.41, 5.74) is 2.84. The fraction of sp³-hybridized carbons (Fsp3) is 0.619. The van der Waals surface area contributed by atoms with Crippen LogP contribution >= 0.6 is 0 Å². The molecule has 0 radical (unpaired) electrons. The largest absolute Gasteiger partial charge is 0.359 e. The molecule has 0 saturated heterocycles. The summed E-state index contributed by atoms with van der Waals surface area (Å²) in [5, 5.41) is 9.11. The van der Waals surface area contributed by atoms with Gasteiger partial charge in [0.1, 0.15) is 5.84 Å². The van der Waals surface area contributed by atoms with Gasteiger partial charge in [-0.3, -0.25) is 0 Å². The zero-order valence-corrected chi connectivity index (χ0v) is 16.4. The fourth-order valence-corrected chi connectivity index (χ4v) is 2.88. The van der Waals surface area contributed by atoms with Crippen LogP contribution in [0.25, 0.3) is 0 Å². The summed E-state index contributed by atoms with van der Waals surface area (Å²) in [7, 11) is 0. The highest BCUT2D eigenvalue weighted by molar-refractivity contribution is 5.87. The maximum absolute atomic E-state index is 9.11. The van der Waals surface area contributed by atoms with Crippen molar-refractivity contribution in [3.05, 3.63) is 29.3 Å². The first-order valence-corrected chi connectivity index (χ1v) is 9.14. The van der Waals surface area contributed by atoms with E-state index >= 15 is 0 Å². The Morgan fingerprint density at radius 2 is 1.67 bits per heavy atom. The summed E-state index contributed by atoms with van der Waals surface area (Å²) in [6.07, 6.45) is 0.883. The second-order valence-corrected chi connectivity index (χ2v) is 7.63. The minimum Gasteiger partial charge on any atom is -0.359 e. The van der Waals surface area contributed by atoms with Gasteiger partial charge in [0, 0.05) is 19.0 Å². The molecular weight excluding hydrogens is 294 g/mol. The lowest BCUT2D eigenvalue weighted by atomic mass is 10.1. The topological polar surface area (TPSA) is 39.4 Å². The lowest BCUT2D eigenvalue weighted by Gasteiger charge is -2.31. The van der Waals surface area contributed by atoms with Gasteiger partial charge in [0.05, 0.1) is 17.3 Å². The van der Waals surface area contributed by atoms with Crippen LogP contribution in [0.15, 0.2) is 23.2 Å². The smallest absolute Gasteiger partial charge is 0.107 e. The van der Waals surface area contributed by atoms with E-state index in [1.807, 2.05) is 18.2 Å². The summed E-state index contributed by atoms with van der Waals surface area (Å²) < 4.78 is 0. The Hall–Kier alpha value is -1.82. The second-order valence-electron chi connectivity index (χ2n) is 7.63. The molecule has 3 nitrogen and oxygen atoms in total. The van der Waals surface area contributed by atoms with Crippen LogP contribution in [-0.4, -0.2) is 23.8 Å². The standard InChI is InChI=1S/C21H33N3/c1-8-19-11-18(12-22)9-10-20(19)23-21(17(6)7)24(13-15(2)3)14-16(4)5/h9-11,15-17H,8,13-14H2,1-7H3. The van der Waals surface area contributed by atoms with Crippen LogP contribution in [0.3, 0.4) is 0 Å². The average Bonchev–Trinajstić information content (AvgIpc) is 2.50. The van der Waals surface area contributed by atoms with Crippen LogP contribution in [0.5, 0.6) is 0 Å². The lowest BCUT2D eigenvalue weighted by Crippen LogP contribution is -2.39. The van der Waals surface area contributed by atoms with E-state index in [0.717, 1.165) is 36.6 Å². The Morgan fingerprint density at radius 3 is 2.08 bits per heavy atom. The molecule has 0 bridgehead atoms. The molecule has 0 aromatic heterocycles. The van der Waals surface area contributed by atoms with Crippen molar-refractivity contribution in [1.82, 2.24) is 4.90 Å². The van der Waals surface area contributed by atoms with E-state index in [4.69, 9.17) is 10.3 Å². The number of hydrogen-bond acceptors (Lipinski definition) is 2. The predicted molar refractivity (Wildman–Crippen MR) is 104 cm³/mol. The third-order valence-corrected chi connectivity index (χ3v) is 3.84. The van der Waals surface area contributed by atoms with Crippen molar-refractivity contribution in [1.29, 1.82) is 5.26 Å². The van der Waals surface area contributed by atoms with Gasteiger partial charge in [-0.05, 0) is 42.0 Å². The minimum atomic E-state index is 0.364. The van der Waals surface area contributed by atoms with E-state index < -0.39 is 0 Å². The third-order valence-electron chi connectivity index (χ3n) is 3.84. The summed E-state index contributed by atoms with van der Waals surface area (Å²) in [5.74, 6) is 2.71. The van der Waals surface area contributed by atoms with Gasteiger partial charge >= 0.3 is 0 Å². The fourth-order valence-electron chi connectivity index (χ4n) is 2.88. The summed E-state index contributed by atoms with van der Waals surface area (Å²) >= 11 is 0. The molecule has 0 N–H and O–H groups in total. The zero-order valence-electron chi connectivity index (χ0n) is 16.4. The molecule has 0 aliphatic carbocycles. The Bertz CT molecular complexity index is 582. The molecule has 0 unspecified atom stereocenters. The summed E-state index contributed by atoms with van der Waals surface area (Å²) in [4.78, 5) is 7.49. The van der Waals surface area contributed by atoms with Crippen LogP contribution < -0.4 is 0 Å². The number of amidine groups is 1. The minimum absolute atomic E-state index is 0.364. The number of nitrogens with zero attached hydrogens (tertiary/aromatic N) is 3. The quantitative estimate of drug-likeness (QED) is 0.495. The molecule has 1 aromatic carbocycles. The van der Waals surface area contributed by atoms with Crippen molar-refractivity contribution in [3.8, 4) is 6.07 Å². The van der Waals surface area contributed by atoms with E-state index in [-0.39, 0.29) is 0 Å². The van der Waals surface area contributed by atoms with Crippen molar-refractivity contribution in [2.45, 2.75) is 54.9 Å². The number of benzene rings is 1. The predicted octanol–water partition coefficient (Wildman–Crippen LogP) is 5.42. The van der Waals surface area contributed by atoms with Gasteiger partial charge in [-0.15, -0.1) is 0 Å². The molecule has 0 heterocycles. The molecule has 1 aromatic rings. The number of nitriles is 1. The van der Waals surface area contributed by atoms with Crippen molar-refractivity contribution in [2.24, 2.45) is 22.7 Å². The van der Waals surface area contributed by atoms with E-state index in [2.05, 4.69) is 59.4 Å². The van der Waals surface area contributed by atoms with Crippen LogP contribution in [0, 0.1) is 29.1 Å². The monoisotopic (exact) mass is 327 g/mol. The van der Waals surface area contributed by atoms with Crippen molar-refractivity contribution in [3.63, 3.8) is 0 Å². The van der Waals surface area contributed by atoms with E-state index in [0.29, 0.717) is 23.3 Å². The Labute approximate surface area is 148 Å².